The Labute approximate surface area is 380 Å². The average Bonchev–Trinajstić information content (AvgIpc) is 3.26. The second-order valence-corrected chi connectivity index (χ2v) is 18.5. The normalized spacial score (nSPS) is 12.0. The van der Waals surface area contributed by atoms with Crippen LogP contribution in [0, 0.1) is 0 Å². The van der Waals surface area contributed by atoms with Crippen molar-refractivity contribution in [1.82, 2.24) is 0 Å². The van der Waals surface area contributed by atoms with E-state index in [9.17, 15) is 14.4 Å². The smallest absolute Gasteiger partial charge is 0.306 e. The van der Waals surface area contributed by atoms with Gasteiger partial charge < -0.3 is 14.2 Å². The van der Waals surface area contributed by atoms with Crippen molar-refractivity contribution in [3.63, 3.8) is 0 Å². The predicted molar refractivity (Wildman–Crippen MR) is 261 cm³/mol. The molecule has 0 saturated carbocycles. The molecule has 0 saturated heterocycles. The van der Waals surface area contributed by atoms with Crippen LogP contribution in [0.25, 0.3) is 0 Å². The molecule has 0 bridgehead atoms. The maximum absolute atomic E-state index is 12.8. The van der Waals surface area contributed by atoms with Gasteiger partial charge >= 0.3 is 17.9 Å². The van der Waals surface area contributed by atoms with Crippen LogP contribution < -0.4 is 0 Å². The van der Waals surface area contributed by atoms with Gasteiger partial charge in [-0.05, 0) is 44.9 Å². The number of hydrogen-bond donors (Lipinski definition) is 0. The number of carbonyl (C=O) groups is 3. The summed E-state index contributed by atoms with van der Waals surface area (Å²) >= 11 is 0. The lowest BCUT2D eigenvalue weighted by Crippen LogP contribution is -2.30. The molecule has 0 spiro atoms. The van der Waals surface area contributed by atoms with Gasteiger partial charge in [-0.2, -0.15) is 0 Å². The highest BCUT2D eigenvalue weighted by Gasteiger charge is 2.19. The highest BCUT2D eigenvalue weighted by molar-refractivity contribution is 5.71. The molecule has 61 heavy (non-hydrogen) atoms. The van der Waals surface area contributed by atoms with Gasteiger partial charge in [0.15, 0.2) is 6.10 Å². The minimum Gasteiger partial charge on any atom is -0.462 e. The van der Waals surface area contributed by atoms with Gasteiger partial charge in [0.25, 0.3) is 0 Å². The zero-order chi connectivity index (χ0) is 44.4. The number of hydrogen-bond acceptors (Lipinski definition) is 6. The minimum atomic E-state index is -0.767. The minimum absolute atomic E-state index is 0.0679. The van der Waals surface area contributed by atoms with Crippen LogP contribution in [0.5, 0.6) is 0 Å². The summed E-state index contributed by atoms with van der Waals surface area (Å²) in [6.07, 6.45) is 56.3. The number of rotatable bonds is 50. The van der Waals surface area contributed by atoms with Gasteiger partial charge in [-0.15, -0.1) is 0 Å². The fourth-order valence-electron chi connectivity index (χ4n) is 8.14. The molecule has 0 heterocycles. The van der Waals surface area contributed by atoms with Crippen molar-refractivity contribution >= 4 is 17.9 Å². The Morgan fingerprint density at radius 2 is 0.541 bits per heavy atom. The highest BCUT2D eigenvalue weighted by Crippen LogP contribution is 2.16. The van der Waals surface area contributed by atoms with Crippen molar-refractivity contribution in [3.05, 3.63) is 12.2 Å². The van der Waals surface area contributed by atoms with Crippen molar-refractivity contribution in [3.8, 4) is 0 Å². The summed E-state index contributed by atoms with van der Waals surface area (Å²) in [5.74, 6) is -0.859. The Morgan fingerprint density at radius 3 is 0.820 bits per heavy atom. The van der Waals surface area contributed by atoms with Crippen LogP contribution in [0.4, 0.5) is 0 Å². The molecule has 0 aromatic heterocycles. The fourth-order valence-corrected chi connectivity index (χ4v) is 8.14. The van der Waals surface area contributed by atoms with Gasteiger partial charge in [-0.3, -0.25) is 14.4 Å². The van der Waals surface area contributed by atoms with Gasteiger partial charge in [0.05, 0.1) is 0 Å². The molecule has 1 atom stereocenters. The first-order chi connectivity index (χ1) is 30.0. The lowest BCUT2D eigenvalue weighted by atomic mass is 10.0. The van der Waals surface area contributed by atoms with Gasteiger partial charge in [0, 0.05) is 19.3 Å². The Hall–Kier alpha value is -1.85. The number of ether oxygens (including phenoxy) is 3. The molecule has 0 aromatic rings. The van der Waals surface area contributed by atoms with E-state index in [0.29, 0.717) is 19.3 Å². The van der Waals surface area contributed by atoms with Gasteiger partial charge in [0.2, 0.25) is 0 Å². The monoisotopic (exact) mass is 861 g/mol. The molecule has 6 heteroatoms. The molecule has 0 fully saturated rings. The molecule has 0 rings (SSSR count). The SMILES string of the molecule is CCCCCCCCC/C=C\CCCCCCCC(=O)O[C@H](COC(=O)CCCCCCCCCCCC)COC(=O)CCCCCCCCCCCCCCCCCCC. The van der Waals surface area contributed by atoms with Crippen LogP contribution in [0.15, 0.2) is 12.2 Å². The maximum Gasteiger partial charge on any atom is 0.306 e. The number of allylic oxidation sites excluding steroid dienone is 2. The van der Waals surface area contributed by atoms with Crippen LogP contribution in [-0.4, -0.2) is 37.2 Å². The molecule has 6 nitrogen and oxygen atoms in total. The van der Waals surface area contributed by atoms with E-state index in [2.05, 4.69) is 32.9 Å². The molecule has 0 aliphatic carbocycles. The van der Waals surface area contributed by atoms with E-state index in [0.717, 1.165) is 64.2 Å². The van der Waals surface area contributed by atoms with Crippen LogP contribution in [0.3, 0.4) is 0 Å². The van der Waals surface area contributed by atoms with Crippen molar-refractivity contribution in [2.75, 3.05) is 13.2 Å². The quantitative estimate of drug-likeness (QED) is 0.0262. The first-order valence-electron chi connectivity index (χ1n) is 27.2. The summed E-state index contributed by atoms with van der Waals surface area (Å²) in [7, 11) is 0. The molecule has 0 unspecified atom stereocenters. The molecule has 360 valence electrons. The molecule has 0 N–H and O–H groups in total. The van der Waals surface area contributed by atoms with Crippen LogP contribution in [-0.2, 0) is 28.6 Å². The zero-order valence-corrected chi connectivity index (χ0v) is 41.2. The summed E-state index contributed by atoms with van der Waals surface area (Å²) in [5.41, 5.74) is 0. The third-order valence-electron chi connectivity index (χ3n) is 12.3. The summed E-state index contributed by atoms with van der Waals surface area (Å²) in [6, 6.07) is 0. The van der Waals surface area contributed by atoms with Gasteiger partial charge in [-0.1, -0.05) is 251 Å². The van der Waals surface area contributed by atoms with Crippen molar-refractivity contribution in [2.24, 2.45) is 0 Å². The first kappa shape index (κ1) is 59.1. The standard InChI is InChI=1S/C55H104O6/c1-4-7-10-13-16-19-22-24-26-28-30-31-33-36-39-42-45-48-54(57)60-51-52(50-59-53(56)47-44-41-38-35-21-18-15-12-9-6-3)61-55(58)49-46-43-40-37-34-32-29-27-25-23-20-17-14-11-8-5-2/h27,29,52H,4-26,28,30-51H2,1-3H3/b29-27-/t52-/m1/s1. The van der Waals surface area contributed by atoms with Crippen LogP contribution in [0.1, 0.15) is 303 Å². The van der Waals surface area contributed by atoms with E-state index in [-0.39, 0.29) is 31.1 Å². The van der Waals surface area contributed by atoms with Crippen molar-refractivity contribution in [1.29, 1.82) is 0 Å². The summed E-state index contributed by atoms with van der Waals surface area (Å²) in [4.78, 5) is 38.0. The average molecular weight is 861 g/mol. The Bertz CT molecular complexity index is 947. The number of unbranched alkanes of at least 4 members (excludes halogenated alkanes) is 37. The molecular weight excluding hydrogens is 757 g/mol. The van der Waals surface area contributed by atoms with E-state index < -0.39 is 6.10 Å². The largest absolute Gasteiger partial charge is 0.462 e. The number of carbonyl (C=O) groups excluding carboxylic acids is 3. The van der Waals surface area contributed by atoms with E-state index in [1.165, 1.54) is 199 Å². The van der Waals surface area contributed by atoms with E-state index in [1.54, 1.807) is 0 Å². The van der Waals surface area contributed by atoms with Crippen LogP contribution in [0.2, 0.25) is 0 Å². The zero-order valence-electron chi connectivity index (χ0n) is 41.2. The van der Waals surface area contributed by atoms with E-state index in [1.807, 2.05) is 0 Å². The van der Waals surface area contributed by atoms with Crippen molar-refractivity contribution < 1.29 is 28.6 Å². The molecular formula is C55H104O6. The molecule has 0 amide bonds. The number of esters is 3. The summed E-state index contributed by atoms with van der Waals surface area (Å²) < 4.78 is 16.8. The fraction of sp³-hybridized carbons (Fsp3) is 0.909. The summed E-state index contributed by atoms with van der Waals surface area (Å²) in [5, 5.41) is 0. The summed E-state index contributed by atoms with van der Waals surface area (Å²) in [6.45, 7) is 6.66. The Balaban J connectivity index is 4.29. The third-order valence-corrected chi connectivity index (χ3v) is 12.3. The second kappa shape index (κ2) is 50.8. The van der Waals surface area contributed by atoms with Gasteiger partial charge in [0.1, 0.15) is 13.2 Å². The molecule has 0 aliphatic heterocycles. The van der Waals surface area contributed by atoms with Gasteiger partial charge in [-0.25, -0.2) is 0 Å². The predicted octanol–water partition coefficient (Wildman–Crippen LogP) is 17.8. The molecule has 0 aromatic carbocycles. The van der Waals surface area contributed by atoms with Crippen LogP contribution >= 0.6 is 0 Å². The first-order valence-corrected chi connectivity index (χ1v) is 27.2. The van der Waals surface area contributed by atoms with Crippen molar-refractivity contribution in [2.45, 2.75) is 309 Å². The molecule has 0 aliphatic rings. The highest BCUT2D eigenvalue weighted by atomic mass is 16.6. The topological polar surface area (TPSA) is 78.9 Å². The lowest BCUT2D eigenvalue weighted by Gasteiger charge is -2.18. The Morgan fingerprint density at radius 1 is 0.311 bits per heavy atom. The van der Waals surface area contributed by atoms with E-state index >= 15 is 0 Å². The molecule has 0 radical (unpaired) electrons. The third kappa shape index (κ3) is 49.0. The Kier molecular flexibility index (Phi) is 49.3. The second-order valence-electron chi connectivity index (χ2n) is 18.5. The lowest BCUT2D eigenvalue weighted by molar-refractivity contribution is -0.167. The maximum atomic E-state index is 12.8. The van der Waals surface area contributed by atoms with E-state index in [4.69, 9.17) is 14.2 Å².